The van der Waals surface area contributed by atoms with Crippen molar-refractivity contribution in [1.82, 2.24) is 0 Å². The summed E-state index contributed by atoms with van der Waals surface area (Å²) in [5.74, 6) is -0.450. The molecule has 0 bridgehead atoms. The molecule has 0 unspecified atom stereocenters. The fourth-order valence-corrected chi connectivity index (χ4v) is 10.8. The van der Waals surface area contributed by atoms with Gasteiger partial charge in [0.2, 0.25) is 0 Å². The molecule has 0 spiro atoms. The van der Waals surface area contributed by atoms with E-state index in [0.29, 0.717) is 31.3 Å². The number of hydrogen-bond acceptors (Lipinski definition) is 4. The van der Waals surface area contributed by atoms with E-state index < -0.39 is 17.0 Å². The highest BCUT2D eigenvalue weighted by Crippen LogP contribution is 2.76. The molecule has 5 heteroatoms. The fraction of sp³-hybridized carbons (Fsp3) is 0.812. The number of allylic oxidation sites excluding steroid dienone is 2. The Labute approximate surface area is 223 Å². The van der Waals surface area contributed by atoms with Gasteiger partial charge in [-0.2, -0.15) is 0 Å². The second-order valence-electron chi connectivity index (χ2n) is 14.9. The molecule has 0 aliphatic heterocycles. The van der Waals surface area contributed by atoms with Crippen molar-refractivity contribution in [2.75, 3.05) is 6.61 Å². The van der Waals surface area contributed by atoms with Crippen LogP contribution < -0.4 is 0 Å². The predicted molar refractivity (Wildman–Crippen MR) is 144 cm³/mol. The van der Waals surface area contributed by atoms with Crippen molar-refractivity contribution >= 4 is 11.9 Å². The van der Waals surface area contributed by atoms with Gasteiger partial charge in [-0.1, -0.05) is 59.3 Å². The Morgan fingerprint density at radius 3 is 2.30 bits per heavy atom. The lowest BCUT2D eigenvalue weighted by Crippen LogP contribution is -2.66. The van der Waals surface area contributed by atoms with Crippen molar-refractivity contribution in [2.24, 2.45) is 50.7 Å². The zero-order chi connectivity index (χ0) is 27.4. The summed E-state index contributed by atoms with van der Waals surface area (Å²) in [6.45, 7) is 17.7. The number of hydrogen-bond donors (Lipinski definition) is 2. The number of ether oxygens (including phenoxy) is 1. The summed E-state index contributed by atoms with van der Waals surface area (Å²) in [7, 11) is 0. The van der Waals surface area contributed by atoms with Crippen LogP contribution in [0, 0.1) is 50.7 Å². The smallest absolute Gasteiger partial charge is 0.310 e. The van der Waals surface area contributed by atoms with Crippen LogP contribution in [0.1, 0.15) is 100 Å². The predicted octanol–water partition coefficient (Wildman–Crippen LogP) is 6.55. The van der Waals surface area contributed by atoms with Gasteiger partial charge in [0, 0.05) is 12.8 Å². The van der Waals surface area contributed by atoms with Gasteiger partial charge in [-0.3, -0.25) is 9.59 Å². The van der Waals surface area contributed by atoms with E-state index in [4.69, 9.17) is 4.74 Å². The summed E-state index contributed by atoms with van der Waals surface area (Å²) in [5, 5.41) is 22.5. The van der Waals surface area contributed by atoms with Crippen LogP contribution in [-0.4, -0.2) is 34.4 Å². The van der Waals surface area contributed by atoms with E-state index in [1.54, 1.807) is 0 Å². The number of carboxylic acids is 1. The second-order valence-corrected chi connectivity index (χ2v) is 14.9. The van der Waals surface area contributed by atoms with Crippen molar-refractivity contribution in [3.63, 3.8) is 0 Å². The Bertz CT molecular complexity index is 1080. The van der Waals surface area contributed by atoms with Gasteiger partial charge in [-0.05, 0) is 96.9 Å². The molecule has 2 N–H and O–H groups in total. The number of carboxylic acid groups (broad SMARTS) is 1. The average molecular weight is 513 g/mol. The monoisotopic (exact) mass is 512 g/mol. The first kappa shape index (κ1) is 27.0. The van der Waals surface area contributed by atoms with Crippen molar-refractivity contribution in [2.45, 2.75) is 106 Å². The van der Waals surface area contributed by atoms with Gasteiger partial charge in [-0.25, -0.2) is 0 Å². The number of esters is 1. The Hall–Kier alpha value is -1.62. The molecule has 5 aliphatic carbocycles. The SMILES string of the molecule is CC(=O)OCC1=CC(C)(C)[C@@H]2CC[C@]3(C)[C@H](CC=C4[C@H]5[C@](C(=O)O)(CC[C@@H](C)[C@@]5(C)O)CC[C@]43C)[C@@]12C. The molecule has 0 radical (unpaired) electrons. The van der Waals surface area contributed by atoms with Crippen LogP contribution in [0.3, 0.4) is 0 Å². The number of carbonyl (C=O) groups is 2. The van der Waals surface area contributed by atoms with E-state index in [1.807, 2.05) is 6.92 Å². The second kappa shape index (κ2) is 7.96. The maximum absolute atomic E-state index is 12.9. The van der Waals surface area contributed by atoms with Gasteiger partial charge in [0.15, 0.2) is 0 Å². The van der Waals surface area contributed by atoms with Crippen LogP contribution in [0.2, 0.25) is 0 Å². The highest BCUT2D eigenvalue weighted by molar-refractivity contribution is 5.77. The van der Waals surface area contributed by atoms with Gasteiger partial charge in [0.05, 0.1) is 11.0 Å². The van der Waals surface area contributed by atoms with E-state index in [0.717, 1.165) is 32.1 Å². The van der Waals surface area contributed by atoms with Gasteiger partial charge < -0.3 is 14.9 Å². The molecule has 206 valence electrons. The standard InChI is InChI=1S/C32H48O5/c1-19-11-14-32(26(34)35)16-15-28(5)22(25(32)31(19,8)36)9-10-24-29(28,6)13-12-23-27(3,4)17-21(30(23,24)7)18-37-20(2)33/h9,17,19,23-25,36H,10-16,18H2,1-8H3,(H,34,35)/t19-,23+,24+,25-,28-,29-,30+,31-,32+/m1/s1. The van der Waals surface area contributed by atoms with E-state index in [1.165, 1.54) is 18.1 Å². The van der Waals surface area contributed by atoms with Crippen molar-refractivity contribution in [1.29, 1.82) is 0 Å². The van der Waals surface area contributed by atoms with Gasteiger partial charge in [-0.15, -0.1) is 0 Å². The summed E-state index contributed by atoms with van der Waals surface area (Å²) < 4.78 is 5.61. The molecule has 0 aromatic heterocycles. The van der Waals surface area contributed by atoms with E-state index >= 15 is 0 Å². The van der Waals surface area contributed by atoms with Crippen LogP contribution >= 0.6 is 0 Å². The van der Waals surface area contributed by atoms with Crippen LogP contribution in [-0.2, 0) is 14.3 Å². The Morgan fingerprint density at radius 1 is 1.00 bits per heavy atom. The minimum Gasteiger partial charge on any atom is -0.481 e. The van der Waals surface area contributed by atoms with Crippen LogP contribution in [0.4, 0.5) is 0 Å². The zero-order valence-electron chi connectivity index (χ0n) is 24.2. The summed E-state index contributed by atoms with van der Waals surface area (Å²) in [6, 6.07) is 0. The molecule has 0 aromatic rings. The molecular weight excluding hydrogens is 464 g/mol. The molecule has 3 saturated carbocycles. The molecule has 3 fully saturated rings. The third kappa shape index (κ3) is 3.25. The maximum atomic E-state index is 12.9. The zero-order valence-corrected chi connectivity index (χ0v) is 24.2. The minimum absolute atomic E-state index is 0.0317. The molecule has 0 heterocycles. The topological polar surface area (TPSA) is 83.8 Å². The molecule has 0 saturated heterocycles. The quantitative estimate of drug-likeness (QED) is 0.331. The highest BCUT2D eigenvalue weighted by atomic mass is 16.5. The van der Waals surface area contributed by atoms with Crippen LogP contribution in [0.25, 0.3) is 0 Å². The maximum Gasteiger partial charge on any atom is 0.310 e. The fourth-order valence-electron chi connectivity index (χ4n) is 10.8. The largest absolute Gasteiger partial charge is 0.481 e. The van der Waals surface area contributed by atoms with Crippen molar-refractivity contribution < 1.29 is 24.5 Å². The van der Waals surface area contributed by atoms with Gasteiger partial charge in [0.1, 0.15) is 6.61 Å². The first-order chi connectivity index (χ1) is 17.0. The summed E-state index contributed by atoms with van der Waals surface area (Å²) >= 11 is 0. The molecule has 5 aliphatic rings. The Morgan fingerprint density at radius 2 is 1.68 bits per heavy atom. The average Bonchev–Trinajstić information content (AvgIpc) is 3.00. The van der Waals surface area contributed by atoms with E-state index in [2.05, 4.69) is 53.7 Å². The number of aliphatic hydroxyl groups is 1. The third-order valence-corrected chi connectivity index (χ3v) is 13.2. The lowest BCUT2D eigenvalue weighted by atomic mass is 9.34. The van der Waals surface area contributed by atoms with E-state index in [9.17, 15) is 19.8 Å². The van der Waals surface area contributed by atoms with Crippen molar-refractivity contribution in [3.8, 4) is 0 Å². The minimum atomic E-state index is -1.05. The highest BCUT2D eigenvalue weighted by Gasteiger charge is 2.71. The number of rotatable bonds is 3. The summed E-state index contributed by atoms with van der Waals surface area (Å²) in [4.78, 5) is 24.7. The van der Waals surface area contributed by atoms with E-state index in [-0.39, 0.29) is 39.5 Å². The third-order valence-electron chi connectivity index (χ3n) is 13.2. The molecule has 37 heavy (non-hydrogen) atoms. The number of fused-ring (bicyclic) bond motifs is 7. The Kier molecular flexibility index (Phi) is 5.80. The van der Waals surface area contributed by atoms with Gasteiger partial charge >= 0.3 is 11.9 Å². The molecule has 5 nitrogen and oxygen atoms in total. The first-order valence-electron chi connectivity index (χ1n) is 14.5. The molecular formula is C32H48O5. The molecule has 0 amide bonds. The number of carbonyl (C=O) groups excluding carboxylic acids is 1. The van der Waals surface area contributed by atoms with Gasteiger partial charge in [0.25, 0.3) is 0 Å². The lowest BCUT2D eigenvalue weighted by Gasteiger charge is -2.69. The summed E-state index contributed by atoms with van der Waals surface area (Å²) in [5.41, 5.74) is 0.230. The first-order valence-corrected chi connectivity index (χ1v) is 14.5. The summed E-state index contributed by atoms with van der Waals surface area (Å²) in [6.07, 6.45) is 10.7. The van der Waals surface area contributed by atoms with Crippen molar-refractivity contribution in [3.05, 3.63) is 23.3 Å². The van der Waals surface area contributed by atoms with Crippen LogP contribution in [0.5, 0.6) is 0 Å². The molecule has 0 aromatic carbocycles. The normalized spacial score (nSPS) is 50.0. The molecule has 5 rings (SSSR count). The lowest BCUT2D eigenvalue weighted by molar-refractivity contribution is -0.197. The Balaban J connectivity index is 1.64. The molecule has 9 atom stereocenters. The number of aliphatic carboxylic acids is 1. The van der Waals surface area contributed by atoms with Crippen LogP contribution in [0.15, 0.2) is 23.3 Å².